The predicted molar refractivity (Wildman–Crippen MR) is 138 cm³/mol. The summed E-state index contributed by atoms with van der Waals surface area (Å²) in [6.07, 6.45) is 0. The van der Waals surface area contributed by atoms with Gasteiger partial charge < -0.3 is 14.6 Å². The van der Waals surface area contributed by atoms with Crippen LogP contribution in [0.2, 0.25) is 0 Å². The van der Waals surface area contributed by atoms with Crippen molar-refractivity contribution >= 4 is 28.8 Å². The average Bonchev–Trinajstić information content (AvgIpc) is 3.15. The van der Waals surface area contributed by atoms with E-state index in [-0.39, 0.29) is 16.8 Å². The highest BCUT2D eigenvalue weighted by Crippen LogP contribution is 2.45. The van der Waals surface area contributed by atoms with E-state index in [1.807, 2.05) is 39.0 Å². The molecule has 1 unspecified atom stereocenters. The molecular weight excluding hydrogens is 476 g/mol. The van der Waals surface area contributed by atoms with Crippen molar-refractivity contribution in [2.24, 2.45) is 0 Å². The zero-order chi connectivity index (χ0) is 26.9. The second-order valence-electron chi connectivity index (χ2n) is 8.61. The Balaban J connectivity index is 1.98. The Morgan fingerprint density at radius 1 is 1.03 bits per heavy atom. The number of hydrogen-bond donors (Lipinski definition) is 1. The maximum atomic E-state index is 13.5. The fraction of sp³-hybridized carbons (Fsp3) is 0.214. The van der Waals surface area contributed by atoms with E-state index >= 15 is 0 Å². The van der Waals surface area contributed by atoms with Crippen LogP contribution in [0.5, 0.6) is 11.5 Å². The van der Waals surface area contributed by atoms with Gasteiger partial charge in [-0.3, -0.25) is 24.6 Å². The van der Waals surface area contributed by atoms with Crippen LogP contribution in [0.4, 0.5) is 11.4 Å². The highest BCUT2D eigenvalue weighted by Gasteiger charge is 2.47. The first kappa shape index (κ1) is 25.4. The van der Waals surface area contributed by atoms with Gasteiger partial charge in [-0.15, -0.1) is 0 Å². The fourth-order valence-corrected chi connectivity index (χ4v) is 4.40. The summed E-state index contributed by atoms with van der Waals surface area (Å²) in [5.74, 6) is -1.19. The minimum Gasteiger partial charge on any atom is -0.507 e. The number of carbonyl (C=O) groups is 2. The van der Waals surface area contributed by atoms with E-state index in [2.05, 4.69) is 0 Å². The maximum absolute atomic E-state index is 13.5. The molecule has 1 N–H and O–H groups in total. The normalized spacial score (nSPS) is 16.6. The van der Waals surface area contributed by atoms with Crippen molar-refractivity contribution in [3.05, 3.63) is 98.6 Å². The van der Waals surface area contributed by atoms with E-state index in [1.165, 1.54) is 36.3 Å². The van der Waals surface area contributed by atoms with Crippen molar-refractivity contribution in [3.63, 3.8) is 0 Å². The molecule has 3 aromatic carbocycles. The fourth-order valence-electron chi connectivity index (χ4n) is 4.40. The molecule has 1 amide bonds. The number of nitro benzene ring substituents is 1. The number of nitrogens with zero attached hydrogens (tertiary/aromatic N) is 2. The van der Waals surface area contributed by atoms with Crippen LogP contribution in [0, 0.1) is 24.0 Å². The van der Waals surface area contributed by atoms with E-state index in [4.69, 9.17) is 9.47 Å². The van der Waals surface area contributed by atoms with Crippen LogP contribution in [0.25, 0.3) is 5.76 Å². The average molecular weight is 503 g/mol. The highest BCUT2D eigenvalue weighted by molar-refractivity contribution is 6.51. The van der Waals surface area contributed by atoms with E-state index in [1.54, 1.807) is 18.2 Å². The van der Waals surface area contributed by atoms with Crippen molar-refractivity contribution < 1.29 is 29.1 Å². The third-order valence-corrected chi connectivity index (χ3v) is 6.22. The third-order valence-electron chi connectivity index (χ3n) is 6.22. The van der Waals surface area contributed by atoms with Gasteiger partial charge in [-0.05, 0) is 67.8 Å². The number of aryl methyl sites for hydroxylation is 2. The molecule has 1 atom stereocenters. The summed E-state index contributed by atoms with van der Waals surface area (Å²) in [5.41, 5.74) is 2.59. The number of hydrogen-bond acceptors (Lipinski definition) is 7. The molecule has 1 aliphatic rings. The molecule has 0 aliphatic carbocycles. The van der Waals surface area contributed by atoms with E-state index < -0.39 is 28.4 Å². The van der Waals surface area contributed by atoms with Crippen molar-refractivity contribution in [1.82, 2.24) is 0 Å². The predicted octanol–water partition coefficient (Wildman–Crippen LogP) is 5.25. The lowest BCUT2D eigenvalue weighted by Gasteiger charge is -2.27. The molecule has 9 heteroatoms. The summed E-state index contributed by atoms with van der Waals surface area (Å²) in [7, 11) is 1.51. The molecule has 4 rings (SSSR count). The largest absolute Gasteiger partial charge is 0.507 e. The summed E-state index contributed by atoms with van der Waals surface area (Å²) in [6, 6.07) is 14.8. The SMILES string of the molecule is CCOc1cc(C2/C(=C(/O)c3ccc([N+](=O)[O-])cc3)C(=O)C(=O)N2c2cc(C)ccc2C)ccc1OC. The van der Waals surface area contributed by atoms with Gasteiger partial charge in [0, 0.05) is 23.4 Å². The molecular formula is C28H26N2O7. The molecule has 0 radical (unpaired) electrons. The van der Waals surface area contributed by atoms with Crippen LogP contribution < -0.4 is 14.4 Å². The number of carbonyl (C=O) groups excluding carboxylic acids is 2. The molecule has 1 fully saturated rings. The Morgan fingerprint density at radius 2 is 1.73 bits per heavy atom. The van der Waals surface area contributed by atoms with Gasteiger partial charge in [0.25, 0.3) is 17.4 Å². The van der Waals surface area contributed by atoms with E-state index in [9.17, 15) is 24.8 Å². The summed E-state index contributed by atoms with van der Waals surface area (Å²) in [4.78, 5) is 38.8. The smallest absolute Gasteiger partial charge is 0.300 e. The van der Waals surface area contributed by atoms with Gasteiger partial charge in [0.2, 0.25) is 0 Å². The summed E-state index contributed by atoms with van der Waals surface area (Å²) < 4.78 is 11.1. The zero-order valence-corrected chi connectivity index (χ0v) is 20.8. The molecule has 0 aromatic heterocycles. The van der Waals surface area contributed by atoms with Crippen molar-refractivity contribution in [1.29, 1.82) is 0 Å². The summed E-state index contributed by atoms with van der Waals surface area (Å²) in [6.45, 7) is 5.90. The molecule has 0 saturated carbocycles. The standard InChI is InChI=1S/C28H26N2O7/c1-5-37-23-15-19(10-13-22(23)36-4)25-24(26(31)18-8-11-20(12-9-18)30(34)35)27(32)28(33)29(25)21-14-16(2)6-7-17(21)3/h6-15,25,31H,5H2,1-4H3/b26-24-. The molecule has 9 nitrogen and oxygen atoms in total. The number of ketones is 1. The molecule has 1 aliphatic heterocycles. The van der Waals surface area contributed by atoms with Crippen LogP contribution in [0.3, 0.4) is 0 Å². The van der Waals surface area contributed by atoms with Crippen LogP contribution in [0.15, 0.2) is 66.2 Å². The van der Waals surface area contributed by atoms with Crippen molar-refractivity contribution in [3.8, 4) is 11.5 Å². The van der Waals surface area contributed by atoms with Gasteiger partial charge in [-0.1, -0.05) is 18.2 Å². The van der Waals surface area contributed by atoms with Crippen LogP contribution >= 0.6 is 0 Å². The van der Waals surface area contributed by atoms with E-state index in [0.717, 1.165) is 11.1 Å². The van der Waals surface area contributed by atoms with Gasteiger partial charge in [0.05, 0.1) is 30.3 Å². The first-order valence-electron chi connectivity index (χ1n) is 11.6. The van der Waals surface area contributed by atoms with Crippen LogP contribution in [-0.2, 0) is 9.59 Å². The molecule has 37 heavy (non-hydrogen) atoms. The number of ether oxygens (including phenoxy) is 2. The summed E-state index contributed by atoms with van der Waals surface area (Å²) >= 11 is 0. The van der Waals surface area contributed by atoms with E-state index in [0.29, 0.717) is 29.4 Å². The highest BCUT2D eigenvalue weighted by atomic mass is 16.6. The molecule has 190 valence electrons. The second kappa shape index (κ2) is 10.1. The molecule has 3 aromatic rings. The topological polar surface area (TPSA) is 119 Å². The number of Topliss-reactive ketones (excluding diaryl/α,β-unsaturated/α-hetero) is 1. The number of non-ortho nitro benzene ring substituents is 1. The number of methoxy groups -OCH3 is 1. The monoisotopic (exact) mass is 502 g/mol. The number of amides is 1. The van der Waals surface area contributed by atoms with Gasteiger partial charge >= 0.3 is 0 Å². The van der Waals surface area contributed by atoms with Gasteiger partial charge in [-0.25, -0.2) is 0 Å². The second-order valence-corrected chi connectivity index (χ2v) is 8.61. The number of anilines is 1. The minimum atomic E-state index is -0.985. The number of aliphatic hydroxyl groups excluding tert-OH is 1. The number of nitro groups is 1. The Labute approximate surface area is 213 Å². The molecule has 1 saturated heterocycles. The van der Waals surface area contributed by atoms with Crippen LogP contribution in [0.1, 0.15) is 35.2 Å². The van der Waals surface area contributed by atoms with Crippen molar-refractivity contribution in [2.75, 3.05) is 18.6 Å². The lowest BCUT2D eigenvalue weighted by Crippen LogP contribution is -2.30. The summed E-state index contributed by atoms with van der Waals surface area (Å²) in [5, 5.41) is 22.4. The Hall–Kier alpha value is -4.66. The Kier molecular flexibility index (Phi) is 6.97. The zero-order valence-electron chi connectivity index (χ0n) is 20.8. The minimum absolute atomic E-state index is 0.132. The molecule has 0 bridgehead atoms. The number of benzene rings is 3. The van der Waals surface area contributed by atoms with Gasteiger partial charge in [0.15, 0.2) is 11.5 Å². The third kappa shape index (κ3) is 4.63. The lowest BCUT2D eigenvalue weighted by molar-refractivity contribution is -0.384. The Bertz CT molecular complexity index is 1430. The van der Waals surface area contributed by atoms with Gasteiger partial charge in [-0.2, -0.15) is 0 Å². The first-order valence-corrected chi connectivity index (χ1v) is 11.6. The number of aliphatic hydroxyl groups is 1. The quantitative estimate of drug-likeness (QED) is 0.154. The lowest BCUT2D eigenvalue weighted by atomic mass is 9.94. The first-order chi connectivity index (χ1) is 17.7. The molecule has 1 heterocycles. The molecule has 0 spiro atoms. The van der Waals surface area contributed by atoms with Crippen LogP contribution in [-0.4, -0.2) is 35.4 Å². The maximum Gasteiger partial charge on any atom is 0.300 e. The number of rotatable bonds is 7. The van der Waals surface area contributed by atoms with Gasteiger partial charge in [0.1, 0.15) is 5.76 Å². The Morgan fingerprint density at radius 3 is 2.35 bits per heavy atom. The van der Waals surface area contributed by atoms with Crippen molar-refractivity contribution in [2.45, 2.75) is 26.8 Å².